The molecule has 0 aliphatic carbocycles. The SMILES string of the molecule is C[C@H](CCCO)N[C@H]1CCSC1. The molecular formula is C9H19NOS. The zero-order valence-corrected chi connectivity index (χ0v) is 8.57. The first-order valence-electron chi connectivity index (χ1n) is 4.77. The largest absolute Gasteiger partial charge is 0.396 e. The minimum atomic E-state index is 0.325. The maximum Gasteiger partial charge on any atom is 0.0431 e. The second-order valence-electron chi connectivity index (χ2n) is 3.49. The number of hydrogen-bond donors (Lipinski definition) is 2. The van der Waals surface area contributed by atoms with Gasteiger partial charge in [-0.2, -0.15) is 11.8 Å². The van der Waals surface area contributed by atoms with E-state index in [2.05, 4.69) is 12.2 Å². The van der Waals surface area contributed by atoms with Gasteiger partial charge in [-0.15, -0.1) is 0 Å². The van der Waals surface area contributed by atoms with Gasteiger partial charge < -0.3 is 10.4 Å². The average Bonchev–Trinajstić information content (AvgIpc) is 2.53. The monoisotopic (exact) mass is 189 g/mol. The molecule has 0 bridgehead atoms. The lowest BCUT2D eigenvalue weighted by molar-refractivity contribution is 0.274. The van der Waals surface area contributed by atoms with Crippen LogP contribution < -0.4 is 5.32 Å². The van der Waals surface area contributed by atoms with Gasteiger partial charge in [-0.25, -0.2) is 0 Å². The number of thioether (sulfide) groups is 1. The van der Waals surface area contributed by atoms with Crippen LogP contribution in [0.1, 0.15) is 26.2 Å². The van der Waals surface area contributed by atoms with Gasteiger partial charge in [0.2, 0.25) is 0 Å². The Bertz CT molecular complexity index is 115. The molecule has 1 fully saturated rings. The second-order valence-corrected chi connectivity index (χ2v) is 4.64. The van der Waals surface area contributed by atoms with Crippen molar-refractivity contribution in [2.75, 3.05) is 18.1 Å². The van der Waals surface area contributed by atoms with E-state index in [1.165, 1.54) is 17.9 Å². The molecule has 1 rings (SSSR count). The predicted octanol–water partition coefficient (Wildman–Crippen LogP) is 1.24. The van der Waals surface area contributed by atoms with Crippen molar-refractivity contribution in [2.45, 2.75) is 38.3 Å². The van der Waals surface area contributed by atoms with Crippen molar-refractivity contribution in [3.8, 4) is 0 Å². The summed E-state index contributed by atoms with van der Waals surface area (Å²) in [7, 11) is 0. The van der Waals surface area contributed by atoms with E-state index in [0.29, 0.717) is 12.6 Å². The third kappa shape index (κ3) is 3.78. The van der Waals surface area contributed by atoms with Crippen LogP contribution in [-0.4, -0.2) is 35.3 Å². The molecule has 1 saturated heterocycles. The third-order valence-corrected chi connectivity index (χ3v) is 3.41. The van der Waals surface area contributed by atoms with Gasteiger partial charge in [-0.3, -0.25) is 0 Å². The van der Waals surface area contributed by atoms with E-state index in [1.807, 2.05) is 11.8 Å². The highest BCUT2D eigenvalue weighted by molar-refractivity contribution is 7.99. The van der Waals surface area contributed by atoms with Crippen LogP contribution in [-0.2, 0) is 0 Å². The molecule has 1 heterocycles. The Morgan fingerprint density at radius 3 is 3.08 bits per heavy atom. The quantitative estimate of drug-likeness (QED) is 0.682. The first-order valence-corrected chi connectivity index (χ1v) is 5.93. The van der Waals surface area contributed by atoms with E-state index in [0.717, 1.165) is 18.9 Å². The molecule has 12 heavy (non-hydrogen) atoms. The Hall–Kier alpha value is 0.270. The van der Waals surface area contributed by atoms with Gasteiger partial charge in [-0.05, 0) is 31.9 Å². The van der Waals surface area contributed by atoms with Crippen LogP contribution in [0.5, 0.6) is 0 Å². The Morgan fingerprint density at radius 1 is 1.67 bits per heavy atom. The molecule has 0 aromatic rings. The molecule has 1 aliphatic rings. The molecule has 0 spiro atoms. The van der Waals surface area contributed by atoms with Crippen molar-refractivity contribution in [1.82, 2.24) is 5.32 Å². The molecule has 0 aromatic carbocycles. The Balaban J connectivity index is 2.03. The van der Waals surface area contributed by atoms with E-state index < -0.39 is 0 Å². The van der Waals surface area contributed by atoms with E-state index in [-0.39, 0.29) is 0 Å². The fourth-order valence-corrected chi connectivity index (χ4v) is 2.71. The molecule has 1 aliphatic heterocycles. The minimum Gasteiger partial charge on any atom is -0.396 e. The molecule has 0 aromatic heterocycles. The zero-order chi connectivity index (χ0) is 8.81. The lowest BCUT2D eigenvalue weighted by Gasteiger charge is -2.17. The number of hydrogen-bond acceptors (Lipinski definition) is 3. The molecule has 2 nitrogen and oxygen atoms in total. The van der Waals surface area contributed by atoms with E-state index in [1.54, 1.807) is 0 Å². The van der Waals surface area contributed by atoms with Crippen molar-refractivity contribution in [1.29, 1.82) is 0 Å². The summed E-state index contributed by atoms with van der Waals surface area (Å²) in [6.45, 7) is 2.53. The molecule has 0 radical (unpaired) electrons. The van der Waals surface area contributed by atoms with E-state index in [4.69, 9.17) is 5.11 Å². The van der Waals surface area contributed by atoms with Crippen LogP contribution >= 0.6 is 11.8 Å². The van der Waals surface area contributed by atoms with Crippen molar-refractivity contribution in [2.24, 2.45) is 0 Å². The Kier molecular flexibility index (Phi) is 5.04. The molecule has 2 N–H and O–H groups in total. The van der Waals surface area contributed by atoms with Gasteiger partial charge >= 0.3 is 0 Å². The molecular weight excluding hydrogens is 170 g/mol. The summed E-state index contributed by atoms with van der Waals surface area (Å²) >= 11 is 2.04. The average molecular weight is 189 g/mol. The fourth-order valence-electron chi connectivity index (χ4n) is 1.55. The summed E-state index contributed by atoms with van der Waals surface area (Å²) in [6, 6.07) is 1.30. The molecule has 3 heteroatoms. The topological polar surface area (TPSA) is 32.3 Å². The Morgan fingerprint density at radius 2 is 2.50 bits per heavy atom. The highest BCUT2D eigenvalue weighted by Gasteiger charge is 2.16. The minimum absolute atomic E-state index is 0.325. The van der Waals surface area contributed by atoms with Crippen LogP contribution in [0, 0.1) is 0 Å². The maximum absolute atomic E-state index is 8.64. The molecule has 0 amide bonds. The van der Waals surface area contributed by atoms with Crippen LogP contribution in [0.3, 0.4) is 0 Å². The van der Waals surface area contributed by atoms with Crippen LogP contribution in [0.4, 0.5) is 0 Å². The second kappa shape index (κ2) is 5.84. The summed E-state index contributed by atoms with van der Waals surface area (Å²) in [5.74, 6) is 2.58. The van der Waals surface area contributed by atoms with Crippen molar-refractivity contribution in [3.63, 3.8) is 0 Å². The van der Waals surface area contributed by atoms with Crippen molar-refractivity contribution >= 4 is 11.8 Å². The smallest absolute Gasteiger partial charge is 0.0431 e. The Labute approximate surface area is 79.1 Å². The summed E-state index contributed by atoms with van der Waals surface area (Å²) in [4.78, 5) is 0. The number of aliphatic hydroxyl groups is 1. The highest BCUT2D eigenvalue weighted by Crippen LogP contribution is 2.17. The predicted molar refractivity (Wildman–Crippen MR) is 54.6 cm³/mol. The summed E-state index contributed by atoms with van der Waals surface area (Å²) in [5.41, 5.74) is 0. The van der Waals surface area contributed by atoms with Gasteiger partial charge in [0.1, 0.15) is 0 Å². The van der Waals surface area contributed by atoms with E-state index >= 15 is 0 Å². The van der Waals surface area contributed by atoms with Crippen LogP contribution in [0.2, 0.25) is 0 Å². The maximum atomic E-state index is 8.64. The first-order chi connectivity index (χ1) is 5.83. The van der Waals surface area contributed by atoms with Gasteiger partial charge in [0.15, 0.2) is 0 Å². The summed E-state index contributed by atoms with van der Waals surface area (Å²) < 4.78 is 0. The van der Waals surface area contributed by atoms with Gasteiger partial charge in [0, 0.05) is 24.4 Å². The van der Waals surface area contributed by atoms with Crippen LogP contribution in [0.25, 0.3) is 0 Å². The van der Waals surface area contributed by atoms with Gasteiger partial charge in [0.25, 0.3) is 0 Å². The molecule has 0 saturated carbocycles. The molecule has 72 valence electrons. The standard InChI is InChI=1S/C9H19NOS/c1-8(3-2-5-11)10-9-4-6-12-7-9/h8-11H,2-7H2,1H3/t8-,9+/m1/s1. The number of aliphatic hydroxyl groups excluding tert-OH is 1. The first kappa shape index (κ1) is 10.4. The zero-order valence-electron chi connectivity index (χ0n) is 7.75. The van der Waals surface area contributed by atoms with Crippen molar-refractivity contribution in [3.05, 3.63) is 0 Å². The highest BCUT2D eigenvalue weighted by atomic mass is 32.2. The normalized spacial score (nSPS) is 26.0. The summed E-state index contributed by atoms with van der Waals surface area (Å²) in [5, 5.41) is 12.2. The number of nitrogens with one attached hydrogen (secondary N) is 1. The molecule has 0 unspecified atom stereocenters. The van der Waals surface area contributed by atoms with Crippen LogP contribution in [0.15, 0.2) is 0 Å². The molecule has 2 atom stereocenters. The lowest BCUT2D eigenvalue weighted by Crippen LogP contribution is -2.36. The summed E-state index contributed by atoms with van der Waals surface area (Å²) in [6.07, 6.45) is 3.33. The van der Waals surface area contributed by atoms with Crippen molar-refractivity contribution < 1.29 is 5.11 Å². The third-order valence-electron chi connectivity index (χ3n) is 2.25. The lowest BCUT2D eigenvalue weighted by atomic mass is 10.1. The number of rotatable bonds is 5. The van der Waals surface area contributed by atoms with E-state index in [9.17, 15) is 0 Å². The van der Waals surface area contributed by atoms with Gasteiger partial charge in [0.05, 0.1) is 0 Å². The fraction of sp³-hybridized carbons (Fsp3) is 1.00. The van der Waals surface area contributed by atoms with Gasteiger partial charge in [-0.1, -0.05) is 0 Å².